The zero-order chi connectivity index (χ0) is 22.0. The van der Waals surface area contributed by atoms with Gasteiger partial charge in [-0.1, -0.05) is 6.07 Å². The topological polar surface area (TPSA) is 63.2 Å². The number of alkyl halides is 4. The molecular weight excluding hydrogens is 399 g/mol. The zero-order valence-electron chi connectivity index (χ0n) is 16.7. The van der Waals surface area contributed by atoms with Crippen LogP contribution in [-0.2, 0) is 18.8 Å². The molecule has 29 heavy (non-hydrogen) atoms. The van der Waals surface area contributed by atoms with Crippen LogP contribution in [0.2, 0.25) is 0 Å². The van der Waals surface area contributed by atoms with E-state index in [0.717, 1.165) is 12.1 Å². The largest absolute Gasteiger partial charge is 0.469 e. The Morgan fingerprint density at radius 1 is 1.00 bits per heavy atom. The predicted molar refractivity (Wildman–Crippen MR) is 95.2 cm³/mol. The molecule has 1 heterocycles. The van der Waals surface area contributed by atoms with Crippen molar-refractivity contribution in [1.29, 1.82) is 0 Å². The average Bonchev–Trinajstić information content (AvgIpc) is 2.80. The Morgan fingerprint density at radius 2 is 1.52 bits per heavy atom. The molecule has 11 heteroatoms. The van der Waals surface area contributed by atoms with Crippen LogP contribution in [0.1, 0.15) is 45.5 Å². The monoisotopic (exact) mass is 422 g/mol. The average molecular weight is 422 g/mol. The molecule has 0 radical (unpaired) electrons. The van der Waals surface area contributed by atoms with Gasteiger partial charge in [-0.05, 0) is 45.4 Å². The van der Waals surface area contributed by atoms with Crippen molar-refractivity contribution in [2.75, 3.05) is 7.11 Å². The van der Waals surface area contributed by atoms with Crippen LogP contribution in [0.25, 0.3) is 0 Å². The number of carbonyl (C=O) groups excluding carboxylic acids is 1. The van der Waals surface area contributed by atoms with Crippen LogP contribution in [0.3, 0.4) is 0 Å². The lowest BCUT2D eigenvalue weighted by molar-refractivity contribution is -0.140. The van der Waals surface area contributed by atoms with Crippen LogP contribution >= 0.6 is 0 Å². The number of ether oxygens (including phenoxy) is 3. The van der Waals surface area contributed by atoms with Crippen LogP contribution in [0.15, 0.2) is 18.2 Å². The lowest BCUT2D eigenvalue weighted by Crippen LogP contribution is -2.41. The lowest BCUT2D eigenvalue weighted by atomic mass is 9.66. The first-order chi connectivity index (χ1) is 13.4. The van der Waals surface area contributed by atoms with E-state index in [1.54, 1.807) is 0 Å². The highest BCUT2D eigenvalue weighted by Crippen LogP contribution is 2.43. The summed E-state index contributed by atoms with van der Waals surface area (Å²) in [6.07, 6.45) is -0.198. The second-order valence-corrected chi connectivity index (χ2v) is 7.47. The molecule has 1 aliphatic heterocycles. The van der Waals surface area contributed by atoms with Crippen molar-refractivity contribution in [3.05, 3.63) is 23.8 Å². The van der Waals surface area contributed by atoms with Crippen molar-refractivity contribution >= 4 is 13.1 Å². The minimum atomic E-state index is -3.26. The molecule has 0 bridgehead atoms. The third-order valence-electron chi connectivity index (χ3n) is 5.04. The molecule has 0 aliphatic carbocycles. The fourth-order valence-electron chi connectivity index (χ4n) is 2.82. The molecule has 162 valence electrons. The van der Waals surface area contributed by atoms with E-state index in [0.29, 0.717) is 5.56 Å². The summed E-state index contributed by atoms with van der Waals surface area (Å²) in [5.74, 6) is -2.52. The van der Waals surface area contributed by atoms with E-state index in [4.69, 9.17) is 14.0 Å². The summed E-state index contributed by atoms with van der Waals surface area (Å²) in [7, 11) is 0.287. The van der Waals surface area contributed by atoms with Gasteiger partial charge in [-0.3, -0.25) is 4.79 Å². The fraction of sp³-hybridized carbons (Fsp3) is 0.611. The van der Waals surface area contributed by atoms with Crippen LogP contribution in [-0.4, -0.2) is 44.6 Å². The van der Waals surface area contributed by atoms with Crippen LogP contribution in [0.5, 0.6) is 11.5 Å². The van der Waals surface area contributed by atoms with E-state index >= 15 is 0 Å². The first-order valence-electron chi connectivity index (χ1n) is 8.82. The van der Waals surface area contributed by atoms with Gasteiger partial charge in [-0.2, -0.15) is 17.6 Å². The summed E-state index contributed by atoms with van der Waals surface area (Å²) in [5.41, 5.74) is -1.13. The molecule has 0 amide bonds. The Bertz CT molecular complexity index is 712. The maximum absolute atomic E-state index is 12.8. The van der Waals surface area contributed by atoms with E-state index in [1.165, 1.54) is 13.2 Å². The maximum Gasteiger partial charge on any atom is 0.466 e. The van der Waals surface area contributed by atoms with E-state index in [1.807, 2.05) is 27.7 Å². The first kappa shape index (κ1) is 23.3. The van der Waals surface area contributed by atoms with Gasteiger partial charge in [0.05, 0.1) is 24.7 Å². The van der Waals surface area contributed by atoms with Crippen molar-refractivity contribution < 1.29 is 45.9 Å². The maximum atomic E-state index is 12.8. The lowest BCUT2D eigenvalue weighted by Gasteiger charge is -2.32. The second kappa shape index (κ2) is 8.79. The number of esters is 1. The van der Waals surface area contributed by atoms with Gasteiger partial charge in [0.25, 0.3) is 0 Å². The highest BCUT2D eigenvalue weighted by Gasteiger charge is 2.54. The minimum Gasteiger partial charge on any atom is -0.469 e. The summed E-state index contributed by atoms with van der Waals surface area (Å²) in [4.78, 5) is 11.9. The number of carbonyl (C=O) groups is 1. The molecule has 0 spiro atoms. The minimum absolute atomic E-state index is 0.198. The fourth-order valence-corrected chi connectivity index (χ4v) is 2.82. The van der Waals surface area contributed by atoms with Gasteiger partial charge >= 0.3 is 26.3 Å². The Labute approximate surface area is 166 Å². The third-order valence-corrected chi connectivity index (χ3v) is 5.04. The molecule has 1 fully saturated rings. The normalized spacial score (nSPS) is 18.8. The smallest absolute Gasteiger partial charge is 0.466 e. The van der Waals surface area contributed by atoms with Crippen molar-refractivity contribution in [2.24, 2.45) is 0 Å². The van der Waals surface area contributed by atoms with Crippen LogP contribution < -0.4 is 9.47 Å². The summed E-state index contributed by atoms with van der Waals surface area (Å²) in [6, 6.07) is 3.52. The molecule has 1 saturated heterocycles. The molecule has 0 saturated carbocycles. The highest BCUT2D eigenvalue weighted by atomic mass is 19.3. The van der Waals surface area contributed by atoms with Gasteiger partial charge in [-0.25, -0.2) is 0 Å². The predicted octanol–water partition coefficient (Wildman–Crippen LogP) is 4.17. The second-order valence-electron chi connectivity index (χ2n) is 7.47. The summed E-state index contributed by atoms with van der Waals surface area (Å²) in [5, 5.41) is 0. The summed E-state index contributed by atoms with van der Waals surface area (Å²) in [6.45, 7) is 0.761. The number of hydrogen-bond donors (Lipinski definition) is 0. The van der Waals surface area contributed by atoms with Crippen molar-refractivity contribution in [3.8, 4) is 11.5 Å². The first-order valence-corrected chi connectivity index (χ1v) is 8.82. The molecular formula is C18H23BF4O6. The van der Waals surface area contributed by atoms with E-state index in [2.05, 4.69) is 9.47 Å². The Kier molecular flexibility index (Phi) is 7.05. The third kappa shape index (κ3) is 5.54. The molecule has 0 N–H and O–H groups in total. The number of benzene rings is 1. The molecule has 6 nitrogen and oxygen atoms in total. The molecule has 1 atom stereocenters. The number of hydrogen-bond acceptors (Lipinski definition) is 6. The Hall–Kier alpha value is -2.01. The summed E-state index contributed by atoms with van der Waals surface area (Å²) >= 11 is 0. The number of halogens is 4. The zero-order valence-corrected chi connectivity index (χ0v) is 16.7. The quantitative estimate of drug-likeness (QED) is 0.356. The molecule has 1 aliphatic rings. The molecule has 1 aromatic carbocycles. The van der Waals surface area contributed by atoms with Gasteiger partial charge in [-0.15, -0.1) is 0 Å². The van der Waals surface area contributed by atoms with Crippen molar-refractivity contribution in [3.63, 3.8) is 0 Å². The van der Waals surface area contributed by atoms with Gasteiger partial charge in [0.2, 0.25) is 0 Å². The van der Waals surface area contributed by atoms with Gasteiger partial charge in [0, 0.05) is 5.82 Å². The van der Waals surface area contributed by atoms with Crippen LogP contribution in [0.4, 0.5) is 17.6 Å². The number of methoxy groups -OCH3 is 1. The standard InChI is InChI=1S/C18H23BF4O6/c1-17(2)18(3,4)29-19(28-17)11(9-14(24)25-5)10-6-7-12(26-15(20)21)13(8-10)27-16(22)23/h6-8,11,15-16H,9H2,1-5H3. The Morgan fingerprint density at radius 3 is 2.00 bits per heavy atom. The summed E-state index contributed by atoms with van der Waals surface area (Å²) < 4.78 is 75.8. The van der Waals surface area contributed by atoms with Gasteiger partial charge in [0.1, 0.15) is 0 Å². The molecule has 0 aromatic heterocycles. The number of rotatable bonds is 8. The SMILES string of the molecule is COC(=O)CC(B1OC(C)(C)C(C)(C)O1)c1ccc(OC(F)F)c(OC(F)F)c1. The van der Waals surface area contributed by atoms with Gasteiger partial charge in [0.15, 0.2) is 11.5 Å². The molecule has 1 unspecified atom stereocenters. The van der Waals surface area contributed by atoms with E-state index < -0.39 is 54.8 Å². The van der Waals surface area contributed by atoms with E-state index in [-0.39, 0.29) is 6.42 Å². The van der Waals surface area contributed by atoms with Crippen LogP contribution in [0, 0.1) is 0 Å². The van der Waals surface area contributed by atoms with Crippen molar-refractivity contribution in [1.82, 2.24) is 0 Å². The van der Waals surface area contributed by atoms with Crippen molar-refractivity contribution in [2.45, 2.75) is 64.4 Å². The van der Waals surface area contributed by atoms with E-state index in [9.17, 15) is 22.4 Å². The molecule has 2 rings (SSSR count). The molecule has 1 aromatic rings. The Balaban J connectivity index is 2.44. The highest BCUT2D eigenvalue weighted by molar-refractivity contribution is 6.48. The van der Waals surface area contributed by atoms with Gasteiger partial charge < -0.3 is 23.5 Å².